The fourth-order valence-electron chi connectivity index (χ4n) is 6.11. The number of aliphatic hydroxyl groups excluding tert-OH is 1. The van der Waals surface area contributed by atoms with Crippen LogP contribution in [0.5, 0.6) is 11.5 Å². The molecule has 0 bridgehead atoms. The summed E-state index contributed by atoms with van der Waals surface area (Å²) in [5.41, 5.74) is 4.60. The molecule has 222 valence electrons. The predicted octanol–water partition coefficient (Wildman–Crippen LogP) is 6.05. The van der Waals surface area contributed by atoms with Crippen LogP contribution in [0.3, 0.4) is 0 Å². The highest BCUT2D eigenvalue weighted by Gasteiger charge is 2.45. The number of phenolic OH excluding ortho intramolecular Hbond substituents is 1. The van der Waals surface area contributed by atoms with Gasteiger partial charge in [0.15, 0.2) is 0 Å². The fourth-order valence-corrected chi connectivity index (χ4v) is 6.11. The first-order valence-electron chi connectivity index (χ1n) is 14.6. The Morgan fingerprint density at radius 1 is 1.19 bits per heavy atom. The Labute approximate surface area is 246 Å². The van der Waals surface area contributed by atoms with Gasteiger partial charge in [-0.1, -0.05) is 41.5 Å². The lowest BCUT2D eigenvalue weighted by Gasteiger charge is -2.41. The Morgan fingerprint density at radius 2 is 1.95 bits per heavy atom. The molecule has 8 nitrogen and oxygen atoms in total. The van der Waals surface area contributed by atoms with Gasteiger partial charge in [0.25, 0.3) is 5.91 Å². The zero-order valence-corrected chi connectivity index (χ0v) is 24.7. The molecule has 2 aromatic carbocycles. The van der Waals surface area contributed by atoms with Crippen molar-refractivity contribution in [2.24, 2.45) is 0 Å². The zero-order chi connectivity index (χ0) is 30.2. The monoisotopic (exact) mass is 572 g/mol. The number of amides is 1. The summed E-state index contributed by atoms with van der Waals surface area (Å²) >= 11 is 0. The number of aromatic nitrogens is 1. The Kier molecular flexibility index (Phi) is 8.19. The summed E-state index contributed by atoms with van der Waals surface area (Å²) in [6.45, 7) is 8.19. The molecule has 0 spiro atoms. The second-order valence-electron chi connectivity index (χ2n) is 12.1. The minimum Gasteiger partial charge on any atom is -0.508 e. The van der Waals surface area contributed by atoms with Crippen LogP contribution in [0.1, 0.15) is 80.4 Å². The van der Waals surface area contributed by atoms with Crippen molar-refractivity contribution in [1.82, 2.24) is 9.88 Å². The number of fused-ring (bicyclic) bond motifs is 4. The summed E-state index contributed by atoms with van der Waals surface area (Å²) in [5, 5.41) is 33.1. The highest BCUT2D eigenvalue weighted by molar-refractivity contribution is 6.02. The number of ether oxygens (including phenoxy) is 1. The van der Waals surface area contributed by atoms with Gasteiger partial charge in [-0.05, 0) is 71.1 Å². The second kappa shape index (κ2) is 11.7. The minimum absolute atomic E-state index is 0.0473. The third-order valence-electron chi connectivity index (χ3n) is 8.70. The van der Waals surface area contributed by atoms with E-state index in [1.807, 2.05) is 31.2 Å². The number of rotatable bonds is 10. The lowest BCUT2D eigenvalue weighted by Crippen LogP contribution is -2.49. The average molecular weight is 573 g/mol. The molecule has 1 amide bonds. The maximum absolute atomic E-state index is 13.6. The first-order chi connectivity index (χ1) is 20.0. The van der Waals surface area contributed by atoms with Crippen molar-refractivity contribution < 1.29 is 29.6 Å². The molecule has 0 aliphatic carbocycles. The van der Waals surface area contributed by atoms with Gasteiger partial charge in [-0.15, -0.1) is 0 Å². The highest BCUT2D eigenvalue weighted by Crippen LogP contribution is 2.46. The number of para-hydroxylation sites is 1. The first-order valence-corrected chi connectivity index (χ1v) is 14.6. The van der Waals surface area contributed by atoms with Crippen LogP contribution in [0.25, 0.3) is 10.9 Å². The highest BCUT2D eigenvalue weighted by atomic mass is 16.5. The van der Waals surface area contributed by atoms with Gasteiger partial charge in [-0.3, -0.25) is 4.79 Å². The van der Waals surface area contributed by atoms with Crippen LogP contribution in [-0.2, 0) is 24.2 Å². The molecule has 0 radical (unpaired) electrons. The van der Waals surface area contributed by atoms with E-state index in [-0.39, 0.29) is 30.7 Å². The number of aromatic hydroxyl groups is 1. The van der Waals surface area contributed by atoms with E-state index in [1.54, 1.807) is 6.20 Å². The van der Waals surface area contributed by atoms with Crippen LogP contribution in [0, 0.1) is 0 Å². The van der Waals surface area contributed by atoms with Gasteiger partial charge in [-0.25, -0.2) is 4.79 Å². The average Bonchev–Trinajstić information content (AvgIpc) is 3.49. The topological polar surface area (TPSA) is 123 Å². The molecule has 0 saturated carbocycles. The fraction of sp³-hybridized carbons (Fsp3) is 0.412. The molecule has 4 N–H and O–H groups in total. The van der Waals surface area contributed by atoms with E-state index >= 15 is 0 Å². The van der Waals surface area contributed by atoms with Gasteiger partial charge in [-0.2, -0.15) is 0 Å². The minimum atomic E-state index is -1.11. The van der Waals surface area contributed by atoms with Crippen molar-refractivity contribution in [3.05, 3.63) is 82.1 Å². The normalized spacial score (nSPS) is 20.7. The van der Waals surface area contributed by atoms with E-state index in [2.05, 4.69) is 37.9 Å². The number of hydrogen-bond donors (Lipinski definition) is 4. The number of benzene rings is 2. The lowest BCUT2D eigenvalue weighted by molar-refractivity contribution is -0.142. The molecule has 3 unspecified atom stereocenters. The van der Waals surface area contributed by atoms with Gasteiger partial charge in [0, 0.05) is 41.1 Å². The van der Waals surface area contributed by atoms with Crippen molar-refractivity contribution in [2.45, 2.75) is 90.5 Å². The predicted molar refractivity (Wildman–Crippen MR) is 162 cm³/mol. The van der Waals surface area contributed by atoms with Crippen molar-refractivity contribution in [2.75, 3.05) is 0 Å². The Bertz CT molecular complexity index is 1580. The number of aliphatic carboxylic acids is 1. The Balaban J connectivity index is 1.38. The third-order valence-corrected chi connectivity index (χ3v) is 8.70. The van der Waals surface area contributed by atoms with Crippen LogP contribution >= 0.6 is 0 Å². The molecule has 0 fully saturated rings. The van der Waals surface area contributed by atoms with E-state index in [9.17, 15) is 24.9 Å². The van der Waals surface area contributed by atoms with Gasteiger partial charge in [0.05, 0.1) is 18.2 Å². The summed E-state index contributed by atoms with van der Waals surface area (Å²) < 4.78 is 6.47. The number of nitrogens with one attached hydrogen (secondary N) is 1. The number of carbonyl (C=O) groups is 2. The molecule has 2 aliphatic heterocycles. The molecule has 5 rings (SSSR count). The number of carbonyl (C=O) groups excluding carboxylic acids is 1. The zero-order valence-electron chi connectivity index (χ0n) is 24.7. The van der Waals surface area contributed by atoms with Gasteiger partial charge in [0.2, 0.25) is 0 Å². The van der Waals surface area contributed by atoms with Crippen LogP contribution in [-0.4, -0.2) is 54.8 Å². The van der Waals surface area contributed by atoms with Crippen molar-refractivity contribution in [3.63, 3.8) is 0 Å². The molecule has 3 atom stereocenters. The van der Waals surface area contributed by atoms with Crippen LogP contribution in [0.15, 0.2) is 59.8 Å². The summed E-state index contributed by atoms with van der Waals surface area (Å²) in [6, 6.07) is 7.92. The molecule has 3 aromatic rings. The summed E-state index contributed by atoms with van der Waals surface area (Å²) in [5.74, 6) is -1.30. The maximum atomic E-state index is 13.6. The quantitative estimate of drug-likeness (QED) is 0.219. The van der Waals surface area contributed by atoms with E-state index < -0.39 is 29.6 Å². The third kappa shape index (κ3) is 5.68. The lowest BCUT2D eigenvalue weighted by atomic mass is 9.84. The Hall–Kier alpha value is -4.04. The number of phenols is 1. The molecule has 0 saturated heterocycles. The number of hydrogen-bond acceptors (Lipinski definition) is 5. The Morgan fingerprint density at radius 3 is 2.69 bits per heavy atom. The van der Waals surface area contributed by atoms with Crippen molar-refractivity contribution in [1.29, 1.82) is 0 Å². The standard InChI is InChI=1S/C34H40N2O6/c1-20(2)9-7-10-21(3)11-8-14-34(4)30(38)17-25-29(37)16-24-26(31(25)42-34)19-36(32(24)39)28(33(40)41)15-22-18-35-27-13-6-5-12-23(22)27/h5-6,9,11-13,16,18,28,30,35,37-38H,7-8,10,14-15,17,19H2,1-4H3,(H,40,41)/b21-11+. The van der Waals surface area contributed by atoms with Crippen molar-refractivity contribution in [3.8, 4) is 11.5 Å². The van der Waals surface area contributed by atoms with Gasteiger partial charge < -0.3 is 29.9 Å². The van der Waals surface area contributed by atoms with Gasteiger partial charge in [0.1, 0.15) is 23.1 Å². The van der Waals surface area contributed by atoms with Crippen LogP contribution in [0.4, 0.5) is 0 Å². The second-order valence-corrected chi connectivity index (χ2v) is 12.1. The number of H-pyrrole nitrogens is 1. The van der Waals surface area contributed by atoms with Crippen LogP contribution in [0.2, 0.25) is 0 Å². The number of allylic oxidation sites excluding steroid dienone is 4. The molecule has 1 aromatic heterocycles. The van der Waals surface area contributed by atoms with E-state index in [0.717, 1.165) is 29.3 Å². The molecule has 42 heavy (non-hydrogen) atoms. The van der Waals surface area contributed by atoms with Crippen molar-refractivity contribution >= 4 is 22.8 Å². The number of aromatic amines is 1. The number of carboxylic acids is 1. The SMILES string of the molecule is CC(C)=CCC/C(C)=C/CCC1(C)Oc2c(c(O)cc3c2CN(C(Cc2c[nH]c4ccccc24)C(=O)O)C3=O)CC1O. The number of nitrogens with zero attached hydrogens (tertiary/aromatic N) is 1. The van der Waals surface area contributed by atoms with E-state index in [1.165, 1.54) is 22.1 Å². The van der Waals surface area contributed by atoms with Crippen LogP contribution < -0.4 is 4.74 Å². The first kappa shape index (κ1) is 29.5. The number of carboxylic acid groups (broad SMARTS) is 1. The largest absolute Gasteiger partial charge is 0.508 e. The molecular weight excluding hydrogens is 532 g/mol. The molecule has 2 aliphatic rings. The summed E-state index contributed by atoms with van der Waals surface area (Å²) in [7, 11) is 0. The van der Waals surface area contributed by atoms with Gasteiger partial charge >= 0.3 is 5.97 Å². The maximum Gasteiger partial charge on any atom is 0.326 e. The molecule has 8 heteroatoms. The molecule has 3 heterocycles. The van der Waals surface area contributed by atoms with E-state index in [4.69, 9.17) is 4.74 Å². The number of aliphatic hydroxyl groups is 1. The smallest absolute Gasteiger partial charge is 0.326 e. The van der Waals surface area contributed by atoms with E-state index in [0.29, 0.717) is 29.7 Å². The molecular formula is C34H40N2O6. The summed E-state index contributed by atoms with van der Waals surface area (Å²) in [6.07, 6.45) is 8.86. The summed E-state index contributed by atoms with van der Waals surface area (Å²) in [4.78, 5) is 30.6.